The quantitative estimate of drug-likeness (QED) is 0.918. The van der Waals surface area contributed by atoms with Gasteiger partial charge >= 0.3 is 0 Å². The van der Waals surface area contributed by atoms with Crippen LogP contribution in [0, 0.1) is 23.7 Å². The van der Waals surface area contributed by atoms with Gasteiger partial charge in [-0.3, -0.25) is 0 Å². The molecule has 5 rings (SSSR count). The van der Waals surface area contributed by atoms with Gasteiger partial charge in [0, 0.05) is 11.5 Å². The van der Waals surface area contributed by atoms with E-state index in [-0.39, 0.29) is 5.54 Å². The van der Waals surface area contributed by atoms with Crippen LogP contribution < -0.4 is 5.32 Å². The van der Waals surface area contributed by atoms with E-state index in [1.165, 1.54) is 37.1 Å². The highest BCUT2D eigenvalue weighted by atomic mass is 32.1. The van der Waals surface area contributed by atoms with Gasteiger partial charge in [0.2, 0.25) is 0 Å². The van der Waals surface area contributed by atoms with Gasteiger partial charge < -0.3 is 5.32 Å². The van der Waals surface area contributed by atoms with Crippen molar-refractivity contribution in [1.82, 2.24) is 15.5 Å². The Hall–Kier alpha value is -0.480. The Morgan fingerprint density at radius 1 is 1.00 bits per heavy atom. The highest BCUT2D eigenvalue weighted by molar-refractivity contribution is 7.11. The molecule has 4 saturated carbocycles. The first kappa shape index (κ1) is 14.1. The Morgan fingerprint density at radius 2 is 1.62 bits per heavy atom. The highest BCUT2D eigenvalue weighted by Gasteiger charge is 2.49. The molecular formula is C17H27N3S. The maximum Gasteiger partial charge on any atom is 0.131 e. The van der Waals surface area contributed by atoms with Gasteiger partial charge in [-0.25, -0.2) is 0 Å². The molecule has 0 amide bonds. The smallest absolute Gasteiger partial charge is 0.131 e. The molecule has 0 saturated heterocycles. The third-order valence-electron chi connectivity index (χ3n) is 5.76. The topological polar surface area (TPSA) is 37.8 Å². The van der Waals surface area contributed by atoms with Crippen molar-refractivity contribution in [3.63, 3.8) is 0 Å². The third-order valence-corrected chi connectivity index (χ3v) is 6.79. The number of rotatable bonds is 3. The van der Waals surface area contributed by atoms with Crippen LogP contribution >= 0.6 is 11.3 Å². The molecule has 0 unspecified atom stereocenters. The second-order valence-electron chi connectivity index (χ2n) is 8.59. The second-order valence-corrected chi connectivity index (χ2v) is 9.69. The summed E-state index contributed by atoms with van der Waals surface area (Å²) in [7, 11) is 0. The minimum atomic E-state index is 0.147. The van der Waals surface area contributed by atoms with E-state index in [2.05, 4.69) is 36.3 Å². The van der Waals surface area contributed by atoms with Gasteiger partial charge in [0.1, 0.15) is 10.0 Å². The Balaban J connectivity index is 1.48. The first-order valence-electron chi connectivity index (χ1n) is 8.55. The van der Waals surface area contributed by atoms with Gasteiger partial charge in [0.15, 0.2) is 0 Å². The van der Waals surface area contributed by atoms with Gasteiger partial charge in [-0.1, -0.05) is 11.3 Å². The molecule has 3 nitrogen and oxygen atoms in total. The molecule has 0 aliphatic heterocycles. The van der Waals surface area contributed by atoms with Gasteiger partial charge in [-0.2, -0.15) is 0 Å². The molecule has 4 heteroatoms. The predicted molar refractivity (Wildman–Crippen MR) is 86.3 cm³/mol. The lowest BCUT2D eigenvalue weighted by Crippen LogP contribution is -2.43. The summed E-state index contributed by atoms with van der Waals surface area (Å²) in [5.41, 5.74) is 0.147. The van der Waals surface area contributed by atoms with Crippen LogP contribution in [0.3, 0.4) is 0 Å². The SMILES string of the molecule is CC(C)(C)NCc1nnc(C2C3CC4CC(C3)CC2C4)s1. The molecule has 1 N–H and O–H groups in total. The molecule has 1 aromatic rings. The molecule has 4 aliphatic rings. The van der Waals surface area contributed by atoms with Gasteiger partial charge in [0.25, 0.3) is 0 Å². The maximum absolute atomic E-state index is 4.59. The number of nitrogens with zero attached hydrogens (tertiary/aromatic N) is 2. The minimum Gasteiger partial charge on any atom is -0.306 e. The van der Waals surface area contributed by atoms with E-state index < -0.39 is 0 Å². The first-order valence-corrected chi connectivity index (χ1v) is 9.37. The number of hydrogen-bond acceptors (Lipinski definition) is 4. The Labute approximate surface area is 131 Å². The molecule has 21 heavy (non-hydrogen) atoms. The average molecular weight is 305 g/mol. The molecule has 1 heterocycles. The van der Waals surface area contributed by atoms with Crippen molar-refractivity contribution >= 4 is 11.3 Å². The van der Waals surface area contributed by atoms with Crippen LogP contribution in [-0.2, 0) is 6.54 Å². The lowest BCUT2D eigenvalue weighted by molar-refractivity contribution is -0.00303. The Bertz CT molecular complexity index is 488. The normalized spacial score (nSPS) is 38.1. The summed E-state index contributed by atoms with van der Waals surface area (Å²) < 4.78 is 0. The Morgan fingerprint density at radius 3 is 2.19 bits per heavy atom. The van der Waals surface area contributed by atoms with Crippen LogP contribution in [0.5, 0.6) is 0 Å². The minimum absolute atomic E-state index is 0.147. The molecule has 0 atom stereocenters. The summed E-state index contributed by atoms with van der Waals surface area (Å²) in [5.74, 6) is 4.64. The van der Waals surface area contributed by atoms with Crippen LogP contribution in [0.1, 0.15) is 68.8 Å². The fourth-order valence-corrected chi connectivity index (χ4v) is 6.21. The first-order chi connectivity index (χ1) is 9.98. The van der Waals surface area contributed by atoms with Crippen LogP contribution in [0.2, 0.25) is 0 Å². The largest absolute Gasteiger partial charge is 0.306 e. The van der Waals surface area contributed by atoms with Gasteiger partial charge in [-0.15, -0.1) is 10.2 Å². The summed E-state index contributed by atoms with van der Waals surface area (Å²) >= 11 is 1.87. The molecule has 116 valence electrons. The summed E-state index contributed by atoms with van der Waals surface area (Å²) in [6.45, 7) is 7.46. The zero-order valence-corrected chi connectivity index (χ0v) is 14.2. The number of aromatic nitrogens is 2. The molecular weight excluding hydrogens is 278 g/mol. The predicted octanol–water partition coefficient (Wildman–Crippen LogP) is 3.97. The van der Waals surface area contributed by atoms with Crippen molar-refractivity contribution in [2.75, 3.05) is 0 Å². The second kappa shape index (κ2) is 5.02. The van der Waals surface area contributed by atoms with E-state index >= 15 is 0 Å². The monoisotopic (exact) mass is 305 g/mol. The van der Waals surface area contributed by atoms with Crippen molar-refractivity contribution in [2.24, 2.45) is 23.7 Å². The van der Waals surface area contributed by atoms with Crippen LogP contribution in [0.4, 0.5) is 0 Å². The Kier molecular flexibility index (Phi) is 3.38. The molecule has 1 aromatic heterocycles. The molecule has 4 fully saturated rings. The van der Waals surface area contributed by atoms with Crippen molar-refractivity contribution < 1.29 is 0 Å². The summed E-state index contributed by atoms with van der Waals surface area (Å²) in [4.78, 5) is 0. The molecule has 0 radical (unpaired) electrons. The summed E-state index contributed by atoms with van der Waals surface area (Å²) in [6.07, 6.45) is 7.38. The number of nitrogens with one attached hydrogen (secondary N) is 1. The van der Waals surface area contributed by atoms with E-state index in [0.717, 1.165) is 41.1 Å². The van der Waals surface area contributed by atoms with E-state index in [0.29, 0.717) is 0 Å². The van der Waals surface area contributed by atoms with E-state index in [9.17, 15) is 0 Å². The molecule has 0 aromatic carbocycles. The average Bonchev–Trinajstić information content (AvgIpc) is 2.83. The maximum atomic E-state index is 4.59. The zero-order valence-electron chi connectivity index (χ0n) is 13.4. The fourth-order valence-electron chi connectivity index (χ4n) is 5.14. The fraction of sp³-hybridized carbons (Fsp3) is 0.882. The van der Waals surface area contributed by atoms with Gasteiger partial charge in [-0.05, 0) is 76.5 Å². The van der Waals surface area contributed by atoms with E-state index in [4.69, 9.17) is 0 Å². The molecule has 4 aliphatic carbocycles. The van der Waals surface area contributed by atoms with E-state index in [1.54, 1.807) is 0 Å². The van der Waals surface area contributed by atoms with Crippen LogP contribution in [0.15, 0.2) is 0 Å². The van der Waals surface area contributed by atoms with Crippen molar-refractivity contribution in [1.29, 1.82) is 0 Å². The zero-order chi connectivity index (χ0) is 14.6. The third kappa shape index (κ3) is 2.77. The van der Waals surface area contributed by atoms with Crippen molar-refractivity contribution in [2.45, 2.75) is 70.9 Å². The van der Waals surface area contributed by atoms with Crippen molar-refractivity contribution in [3.8, 4) is 0 Å². The lowest BCUT2D eigenvalue weighted by Gasteiger charge is -2.53. The number of hydrogen-bond donors (Lipinski definition) is 1. The summed E-state index contributed by atoms with van der Waals surface area (Å²) in [5, 5.41) is 15.1. The lowest BCUT2D eigenvalue weighted by atomic mass is 9.52. The van der Waals surface area contributed by atoms with Crippen LogP contribution in [-0.4, -0.2) is 15.7 Å². The van der Waals surface area contributed by atoms with E-state index in [1.807, 2.05) is 11.3 Å². The standard InChI is InChI=1S/C17H27N3S/c1-17(2,3)18-9-14-19-20-16(21-14)15-12-5-10-4-11(7-12)8-13(15)6-10/h10-13,15,18H,4-9H2,1-3H3. The van der Waals surface area contributed by atoms with Gasteiger partial charge in [0.05, 0.1) is 6.54 Å². The molecule has 0 spiro atoms. The molecule has 4 bridgehead atoms. The van der Waals surface area contributed by atoms with Crippen LogP contribution in [0.25, 0.3) is 0 Å². The highest BCUT2D eigenvalue weighted by Crippen LogP contribution is 2.59. The van der Waals surface area contributed by atoms with Crippen molar-refractivity contribution in [3.05, 3.63) is 10.0 Å². The summed E-state index contributed by atoms with van der Waals surface area (Å²) in [6, 6.07) is 0.